The third kappa shape index (κ3) is 3.09. The molecule has 2 aliphatic rings. The molecule has 1 N–H and O–H groups in total. The molecule has 2 nitrogen and oxygen atoms in total. The van der Waals surface area contributed by atoms with Crippen molar-refractivity contribution in [2.45, 2.75) is 50.2 Å². The van der Waals surface area contributed by atoms with Crippen molar-refractivity contribution in [3.05, 3.63) is 27.7 Å². The lowest BCUT2D eigenvalue weighted by Gasteiger charge is -2.24. The Morgan fingerprint density at radius 2 is 2.11 bits per heavy atom. The molecule has 1 saturated heterocycles. The highest BCUT2D eigenvalue weighted by molar-refractivity contribution is 9.10. The molecule has 1 spiro atoms. The van der Waals surface area contributed by atoms with Gasteiger partial charge < -0.3 is 10.1 Å². The molecule has 1 atom stereocenters. The summed E-state index contributed by atoms with van der Waals surface area (Å²) >= 11 is 9.47. The third-order valence-corrected chi connectivity index (χ3v) is 5.20. The third-order valence-electron chi connectivity index (χ3n) is 4.30. The van der Waals surface area contributed by atoms with Crippen LogP contribution in [0.15, 0.2) is 22.7 Å². The number of hydrogen-bond donors (Lipinski definition) is 1. The van der Waals surface area contributed by atoms with Gasteiger partial charge >= 0.3 is 0 Å². The molecule has 1 saturated carbocycles. The highest BCUT2D eigenvalue weighted by Crippen LogP contribution is 2.43. The van der Waals surface area contributed by atoms with Gasteiger partial charge in [-0.05, 0) is 59.8 Å². The highest BCUT2D eigenvalue weighted by atomic mass is 79.9. The molecule has 0 radical (unpaired) electrons. The minimum atomic E-state index is 0.226. The predicted octanol–water partition coefficient (Wildman–Crippen LogP) is 5.01. The van der Waals surface area contributed by atoms with Gasteiger partial charge in [-0.3, -0.25) is 0 Å². The van der Waals surface area contributed by atoms with Crippen LogP contribution in [0, 0.1) is 0 Å². The first kappa shape index (κ1) is 13.7. The van der Waals surface area contributed by atoms with E-state index in [-0.39, 0.29) is 5.60 Å². The summed E-state index contributed by atoms with van der Waals surface area (Å²) in [5.41, 5.74) is 1.31. The van der Waals surface area contributed by atoms with Gasteiger partial charge in [0.2, 0.25) is 0 Å². The average molecular weight is 345 g/mol. The molecule has 1 heterocycles. The maximum absolute atomic E-state index is 6.29. The smallest absolute Gasteiger partial charge is 0.0756 e. The molecule has 4 heteroatoms. The molecule has 1 aliphatic carbocycles. The molecule has 1 aromatic rings. The van der Waals surface area contributed by atoms with Crippen molar-refractivity contribution in [2.24, 2.45) is 0 Å². The van der Waals surface area contributed by atoms with Gasteiger partial charge in [0, 0.05) is 21.7 Å². The summed E-state index contributed by atoms with van der Waals surface area (Å²) < 4.78 is 7.30. The fourth-order valence-electron chi connectivity index (χ4n) is 3.28. The first-order valence-electron chi connectivity index (χ1n) is 7.04. The minimum absolute atomic E-state index is 0.226. The standard InChI is InChI=1S/C15H19BrClNO/c16-13-9-11(17)3-4-14(13)18-10-12-5-8-15(19-12)6-1-2-7-15/h3-4,9,12,18H,1-2,5-8,10H2. The Morgan fingerprint density at radius 1 is 1.32 bits per heavy atom. The lowest BCUT2D eigenvalue weighted by molar-refractivity contribution is -0.0307. The Kier molecular flexibility index (Phi) is 4.06. The number of anilines is 1. The summed E-state index contributed by atoms with van der Waals surface area (Å²) in [7, 11) is 0. The molecular formula is C15H19BrClNO. The van der Waals surface area contributed by atoms with Crippen molar-refractivity contribution in [2.75, 3.05) is 11.9 Å². The van der Waals surface area contributed by atoms with Crippen LogP contribution in [0.25, 0.3) is 0 Å². The van der Waals surface area contributed by atoms with E-state index in [1.807, 2.05) is 18.2 Å². The molecule has 3 rings (SSSR count). The fourth-order valence-corrected chi connectivity index (χ4v) is 4.11. The summed E-state index contributed by atoms with van der Waals surface area (Å²) in [5, 5.41) is 4.21. The largest absolute Gasteiger partial charge is 0.382 e. The summed E-state index contributed by atoms with van der Waals surface area (Å²) in [5.74, 6) is 0. The number of benzene rings is 1. The molecule has 1 unspecified atom stereocenters. The lowest BCUT2D eigenvalue weighted by atomic mass is 9.98. The number of nitrogens with one attached hydrogen (secondary N) is 1. The Labute approximate surface area is 128 Å². The second-order valence-corrected chi connectivity index (χ2v) is 6.96. The van der Waals surface area contributed by atoms with E-state index < -0.39 is 0 Å². The van der Waals surface area contributed by atoms with Crippen LogP contribution in [0.5, 0.6) is 0 Å². The predicted molar refractivity (Wildman–Crippen MR) is 82.9 cm³/mol. The van der Waals surface area contributed by atoms with E-state index >= 15 is 0 Å². The molecule has 104 valence electrons. The molecule has 0 amide bonds. The van der Waals surface area contributed by atoms with Gasteiger partial charge in [-0.25, -0.2) is 0 Å². The van der Waals surface area contributed by atoms with Gasteiger partial charge in [0.05, 0.1) is 11.7 Å². The molecule has 19 heavy (non-hydrogen) atoms. The van der Waals surface area contributed by atoms with Gasteiger partial charge in [0.15, 0.2) is 0 Å². The van der Waals surface area contributed by atoms with Crippen LogP contribution >= 0.6 is 27.5 Å². The maximum Gasteiger partial charge on any atom is 0.0756 e. The van der Waals surface area contributed by atoms with Gasteiger partial charge in [0.1, 0.15) is 0 Å². The van der Waals surface area contributed by atoms with Crippen LogP contribution in [0.4, 0.5) is 5.69 Å². The van der Waals surface area contributed by atoms with E-state index in [9.17, 15) is 0 Å². The van der Waals surface area contributed by atoms with Gasteiger partial charge in [0.25, 0.3) is 0 Å². The van der Waals surface area contributed by atoms with Crippen molar-refractivity contribution in [1.82, 2.24) is 0 Å². The average Bonchev–Trinajstić information content (AvgIpc) is 2.99. The van der Waals surface area contributed by atoms with Crippen molar-refractivity contribution in [1.29, 1.82) is 0 Å². The van der Waals surface area contributed by atoms with Gasteiger partial charge in [-0.15, -0.1) is 0 Å². The summed E-state index contributed by atoms with van der Waals surface area (Å²) in [4.78, 5) is 0. The monoisotopic (exact) mass is 343 g/mol. The minimum Gasteiger partial charge on any atom is -0.382 e. The van der Waals surface area contributed by atoms with Crippen molar-refractivity contribution >= 4 is 33.2 Å². The fraction of sp³-hybridized carbons (Fsp3) is 0.600. The first-order chi connectivity index (χ1) is 9.17. The van der Waals surface area contributed by atoms with E-state index in [1.54, 1.807) is 0 Å². The van der Waals surface area contributed by atoms with E-state index in [2.05, 4.69) is 21.2 Å². The Balaban J connectivity index is 1.55. The van der Waals surface area contributed by atoms with Crippen LogP contribution in [0.1, 0.15) is 38.5 Å². The summed E-state index contributed by atoms with van der Waals surface area (Å²) in [6.45, 7) is 0.877. The number of rotatable bonds is 3. The quantitative estimate of drug-likeness (QED) is 0.832. The molecule has 1 aliphatic heterocycles. The zero-order valence-corrected chi connectivity index (χ0v) is 13.3. The number of hydrogen-bond acceptors (Lipinski definition) is 2. The van der Waals surface area contributed by atoms with Gasteiger partial charge in [-0.1, -0.05) is 24.4 Å². The van der Waals surface area contributed by atoms with Crippen molar-refractivity contribution in [3.63, 3.8) is 0 Å². The van der Waals surface area contributed by atoms with Crippen molar-refractivity contribution in [3.8, 4) is 0 Å². The van der Waals surface area contributed by atoms with Gasteiger partial charge in [-0.2, -0.15) is 0 Å². The normalized spacial score (nSPS) is 25.1. The number of ether oxygens (including phenoxy) is 1. The topological polar surface area (TPSA) is 21.3 Å². The molecule has 0 bridgehead atoms. The van der Waals surface area contributed by atoms with Crippen LogP contribution in [0.3, 0.4) is 0 Å². The van der Waals surface area contributed by atoms with E-state index in [1.165, 1.54) is 38.5 Å². The Bertz CT molecular complexity index is 459. The second kappa shape index (κ2) is 5.63. The Hall–Kier alpha value is -0.250. The summed E-state index contributed by atoms with van der Waals surface area (Å²) in [6, 6.07) is 5.83. The van der Waals surface area contributed by atoms with Crippen LogP contribution < -0.4 is 5.32 Å². The zero-order chi connectivity index (χ0) is 13.3. The lowest BCUT2D eigenvalue weighted by Crippen LogP contribution is -2.27. The zero-order valence-electron chi connectivity index (χ0n) is 10.9. The van der Waals surface area contributed by atoms with Crippen LogP contribution in [0.2, 0.25) is 5.02 Å². The molecule has 0 aromatic heterocycles. The molecule has 2 fully saturated rings. The number of halogens is 2. The van der Waals surface area contributed by atoms with E-state index in [0.29, 0.717) is 6.10 Å². The second-order valence-electron chi connectivity index (χ2n) is 5.67. The molecule has 1 aromatic carbocycles. The molecular weight excluding hydrogens is 326 g/mol. The Morgan fingerprint density at radius 3 is 2.84 bits per heavy atom. The van der Waals surface area contributed by atoms with Crippen LogP contribution in [-0.4, -0.2) is 18.2 Å². The SMILES string of the molecule is Clc1ccc(NCC2CCC3(CCCC3)O2)c(Br)c1. The van der Waals surface area contributed by atoms with E-state index in [0.717, 1.165) is 21.7 Å². The van der Waals surface area contributed by atoms with Crippen molar-refractivity contribution < 1.29 is 4.74 Å². The summed E-state index contributed by atoms with van der Waals surface area (Å²) in [6.07, 6.45) is 7.95. The van der Waals surface area contributed by atoms with E-state index in [4.69, 9.17) is 16.3 Å². The van der Waals surface area contributed by atoms with Crippen LogP contribution in [-0.2, 0) is 4.74 Å². The maximum atomic E-state index is 6.29. The highest BCUT2D eigenvalue weighted by Gasteiger charge is 2.41. The first-order valence-corrected chi connectivity index (χ1v) is 8.21.